The first-order chi connectivity index (χ1) is 10.7. The Kier molecular flexibility index (Phi) is 5.99. The third kappa shape index (κ3) is 4.09. The smallest absolute Gasteiger partial charge is 0.338 e. The molecule has 0 N–H and O–H groups in total. The maximum absolute atomic E-state index is 12.2. The molecule has 1 unspecified atom stereocenters. The minimum Gasteiger partial charge on any atom is -0.462 e. The van der Waals surface area contributed by atoms with Crippen LogP contribution in [0.5, 0.6) is 0 Å². The summed E-state index contributed by atoms with van der Waals surface area (Å²) in [5.41, 5.74) is 1.43. The van der Waals surface area contributed by atoms with Gasteiger partial charge in [-0.3, -0.25) is 4.79 Å². The van der Waals surface area contributed by atoms with E-state index in [2.05, 4.69) is 6.92 Å². The normalized spacial score (nSPS) is 17.8. The molecule has 1 amide bonds. The minimum atomic E-state index is -0.313. The molecule has 1 atom stereocenters. The molecular formula is C18H25NO3. The van der Waals surface area contributed by atoms with Crippen LogP contribution < -0.4 is 0 Å². The Morgan fingerprint density at radius 1 is 1.32 bits per heavy atom. The fraction of sp³-hybridized carbons (Fsp3) is 0.556. The number of rotatable bonds is 7. The number of carbonyl (C=O) groups is 2. The highest BCUT2D eigenvalue weighted by Crippen LogP contribution is 2.25. The monoisotopic (exact) mass is 303 g/mol. The standard InChI is InChI=1S/C18H25NO3/c1-3-5-8-14-11-17(20)19(12-14)13-15-9-6-7-10-16(15)18(21)22-4-2/h6-7,9-10,14H,3-5,8,11-13H2,1-2H3. The molecule has 0 spiro atoms. The molecule has 0 aliphatic carbocycles. The highest BCUT2D eigenvalue weighted by molar-refractivity contribution is 5.91. The van der Waals surface area contributed by atoms with Crippen LogP contribution in [0.15, 0.2) is 24.3 Å². The summed E-state index contributed by atoms with van der Waals surface area (Å²) in [5, 5.41) is 0. The van der Waals surface area contributed by atoms with Crippen LogP contribution >= 0.6 is 0 Å². The van der Waals surface area contributed by atoms with Crippen molar-refractivity contribution >= 4 is 11.9 Å². The van der Waals surface area contributed by atoms with Crippen molar-refractivity contribution in [1.82, 2.24) is 4.90 Å². The van der Waals surface area contributed by atoms with Crippen LogP contribution in [0.4, 0.5) is 0 Å². The molecule has 1 aromatic carbocycles. The Morgan fingerprint density at radius 3 is 2.82 bits per heavy atom. The molecule has 22 heavy (non-hydrogen) atoms. The van der Waals surface area contributed by atoms with E-state index in [0.29, 0.717) is 31.1 Å². The van der Waals surface area contributed by atoms with Crippen LogP contribution in [0.2, 0.25) is 0 Å². The summed E-state index contributed by atoms with van der Waals surface area (Å²) in [5.74, 6) is 0.342. The second-order valence-corrected chi connectivity index (χ2v) is 5.86. The fourth-order valence-corrected chi connectivity index (χ4v) is 2.96. The van der Waals surface area contributed by atoms with Gasteiger partial charge in [-0.15, -0.1) is 0 Å². The molecule has 0 bridgehead atoms. The summed E-state index contributed by atoms with van der Waals surface area (Å²) in [6, 6.07) is 7.39. The molecule has 120 valence electrons. The van der Waals surface area contributed by atoms with Crippen molar-refractivity contribution in [2.75, 3.05) is 13.2 Å². The van der Waals surface area contributed by atoms with E-state index in [1.165, 1.54) is 6.42 Å². The Labute approximate surface area is 132 Å². The van der Waals surface area contributed by atoms with Crippen LogP contribution in [0.3, 0.4) is 0 Å². The minimum absolute atomic E-state index is 0.194. The summed E-state index contributed by atoms with van der Waals surface area (Å²) in [6.45, 7) is 5.62. The number of amides is 1. The van der Waals surface area contributed by atoms with E-state index in [1.807, 2.05) is 23.1 Å². The van der Waals surface area contributed by atoms with E-state index in [0.717, 1.165) is 24.9 Å². The highest BCUT2D eigenvalue weighted by atomic mass is 16.5. The van der Waals surface area contributed by atoms with Crippen LogP contribution in [-0.2, 0) is 16.1 Å². The Bertz CT molecular complexity index is 527. The molecule has 0 radical (unpaired) electrons. The molecule has 1 saturated heterocycles. The third-order valence-electron chi connectivity index (χ3n) is 4.13. The average Bonchev–Trinajstić information content (AvgIpc) is 2.86. The van der Waals surface area contributed by atoms with Gasteiger partial charge < -0.3 is 9.64 Å². The average molecular weight is 303 g/mol. The van der Waals surface area contributed by atoms with Crippen LogP contribution in [0, 0.1) is 5.92 Å². The highest BCUT2D eigenvalue weighted by Gasteiger charge is 2.29. The maximum Gasteiger partial charge on any atom is 0.338 e. The zero-order valence-electron chi connectivity index (χ0n) is 13.5. The van der Waals surface area contributed by atoms with Gasteiger partial charge in [-0.25, -0.2) is 4.79 Å². The number of likely N-dealkylation sites (tertiary alicyclic amines) is 1. The van der Waals surface area contributed by atoms with Gasteiger partial charge in [0.05, 0.1) is 12.2 Å². The lowest BCUT2D eigenvalue weighted by Gasteiger charge is -2.18. The number of hydrogen-bond acceptors (Lipinski definition) is 3. The van der Waals surface area contributed by atoms with Crippen molar-refractivity contribution in [3.8, 4) is 0 Å². The summed E-state index contributed by atoms with van der Waals surface area (Å²) >= 11 is 0. The molecule has 1 aliphatic rings. The quantitative estimate of drug-likeness (QED) is 0.725. The lowest BCUT2D eigenvalue weighted by atomic mass is 10.0. The van der Waals surface area contributed by atoms with Gasteiger partial charge in [0.1, 0.15) is 0 Å². The Morgan fingerprint density at radius 2 is 2.09 bits per heavy atom. The third-order valence-corrected chi connectivity index (χ3v) is 4.13. The molecule has 4 heteroatoms. The molecule has 0 aromatic heterocycles. The number of esters is 1. The van der Waals surface area contributed by atoms with Crippen molar-refractivity contribution in [3.63, 3.8) is 0 Å². The van der Waals surface area contributed by atoms with Crippen molar-refractivity contribution in [2.45, 2.75) is 46.1 Å². The topological polar surface area (TPSA) is 46.6 Å². The van der Waals surface area contributed by atoms with E-state index < -0.39 is 0 Å². The molecule has 4 nitrogen and oxygen atoms in total. The van der Waals surface area contributed by atoms with Gasteiger partial charge in [0.15, 0.2) is 0 Å². The number of hydrogen-bond donors (Lipinski definition) is 0. The number of unbranched alkanes of at least 4 members (excludes halogenated alkanes) is 1. The van der Waals surface area contributed by atoms with E-state index in [-0.39, 0.29) is 11.9 Å². The van der Waals surface area contributed by atoms with Crippen LogP contribution in [-0.4, -0.2) is 29.9 Å². The van der Waals surface area contributed by atoms with Gasteiger partial charge in [-0.05, 0) is 30.9 Å². The lowest BCUT2D eigenvalue weighted by molar-refractivity contribution is -0.128. The van der Waals surface area contributed by atoms with E-state index in [9.17, 15) is 9.59 Å². The molecule has 1 heterocycles. The molecule has 2 rings (SSSR count). The van der Waals surface area contributed by atoms with Gasteiger partial charge in [-0.1, -0.05) is 38.0 Å². The molecule has 1 fully saturated rings. The summed E-state index contributed by atoms with van der Waals surface area (Å²) in [7, 11) is 0. The maximum atomic E-state index is 12.2. The second-order valence-electron chi connectivity index (χ2n) is 5.86. The van der Waals surface area contributed by atoms with Gasteiger partial charge in [-0.2, -0.15) is 0 Å². The van der Waals surface area contributed by atoms with E-state index >= 15 is 0 Å². The molecular weight excluding hydrogens is 278 g/mol. The van der Waals surface area contributed by atoms with E-state index in [4.69, 9.17) is 4.74 Å². The van der Waals surface area contributed by atoms with Crippen molar-refractivity contribution < 1.29 is 14.3 Å². The van der Waals surface area contributed by atoms with Crippen LogP contribution in [0.25, 0.3) is 0 Å². The molecule has 0 saturated carbocycles. The molecule has 1 aromatic rings. The Hall–Kier alpha value is -1.84. The van der Waals surface area contributed by atoms with Crippen LogP contribution in [0.1, 0.15) is 55.5 Å². The van der Waals surface area contributed by atoms with Gasteiger partial charge in [0, 0.05) is 19.5 Å². The zero-order valence-corrected chi connectivity index (χ0v) is 13.5. The van der Waals surface area contributed by atoms with Gasteiger partial charge >= 0.3 is 5.97 Å². The second kappa shape index (κ2) is 7.97. The van der Waals surface area contributed by atoms with Crippen molar-refractivity contribution in [1.29, 1.82) is 0 Å². The number of carbonyl (C=O) groups excluding carboxylic acids is 2. The first kappa shape index (κ1) is 16.5. The number of ether oxygens (including phenoxy) is 1. The van der Waals surface area contributed by atoms with E-state index in [1.54, 1.807) is 13.0 Å². The first-order valence-electron chi connectivity index (χ1n) is 8.18. The Balaban J connectivity index is 2.05. The first-order valence-corrected chi connectivity index (χ1v) is 8.18. The SMILES string of the molecule is CCCCC1CC(=O)N(Cc2ccccc2C(=O)OCC)C1. The summed E-state index contributed by atoms with van der Waals surface area (Å²) in [4.78, 5) is 26.0. The fourth-order valence-electron chi connectivity index (χ4n) is 2.96. The van der Waals surface area contributed by atoms with Gasteiger partial charge in [0.2, 0.25) is 5.91 Å². The lowest BCUT2D eigenvalue weighted by Crippen LogP contribution is -2.26. The number of nitrogens with zero attached hydrogens (tertiary/aromatic N) is 1. The predicted octanol–water partition coefficient (Wildman–Crippen LogP) is 3.40. The number of benzene rings is 1. The molecule has 1 aliphatic heterocycles. The van der Waals surface area contributed by atoms with Gasteiger partial charge in [0.25, 0.3) is 0 Å². The largest absolute Gasteiger partial charge is 0.462 e. The zero-order chi connectivity index (χ0) is 15.9. The summed E-state index contributed by atoms with van der Waals surface area (Å²) in [6.07, 6.45) is 4.08. The van der Waals surface area contributed by atoms with Crippen molar-refractivity contribution in [3.05, 3.63) is 35.4 Å². The predicted molar refractivity (Wildman–Crippen MR) is 85.4 cm³/mol. The summed E-state index contributed by atoms with van der Waals surface area (Å²) < 4.78 is 5.09. The van der Waals surface area contributed by atoms with Crippen molar-refractivity contribution in [2.24, 2.45) is 5.92 Å².